The molecule has 0 fully saturated rings. The summed E-state index contributed by atoms with van der Waals surface area (Å²) in [6.07, 6.45) is 0. The van der Waals surface area contributed by atoms with Gasteiger partial charge in [0, 0.05) is 22.2 Å². The van der Waals surface area contributed by atoms with Gasteiger partial charge in [-0.1, -0.05) is 11.6 Å². The van der Waals surface area contributed by atoms with Gasteiger partial charge in [0.2, 0.25) is 0 Å². The van der Waals surface area contributed by atoms with E-state index in [-0.39, 0.29) is 0 Å². The Kier molecular flexibility index (Phi) is 2.03. The standard InChI is InChI=1S/C9H7ClOS/c10-7-2-1-6-3-8(5-12)11-9(6)4-7/h1-4,12H,5H2. The lowest BCUT2D eigenvalue weighted by molar-refractivity contribution is 0.574. The Balaban J connectivity index is 2.67. The SMILES string of the molecule is SCc1cc2ccc(Cl)cc2o1. The van der Waals surface area contributed by atoms with Crippen LogP contribution in [-0.4, -0.2) is 0 Å². The molecule has 0 saturated heterocycles. The van der Waals surface area contributed by atoms with Crippen molar-refractivity contribution >= 4 is 35.2 Å². The Hall–Kier alpha value is -0.600. The number of rotatable bonds is 1. The molecule has 0 aliphatic carbocycles. The molecule has 62 valence electrons. The van der Waals surface area contributed by atoms with E-state index in [4.69, 9.17) is 16.0 Å². The molecule has 0 radical (unpaired) electrons. The van der Waals surface area contributed by atoms with Crippen LogP contribution in [0.25, 0.3) is 11.0 Å². The third-order valence-electron chi connectivity index (χ3n) is 1.69. The molecule has 0 amide bonds. The molecule has 0 unspecified atom stereocenters. The number of fused-ring (bicyclic) bond motifs is 1. The monoisotopic (exact) mass is 198 g/mol. The molecule has 0 bridgehead atoms. The molecular weight excluding hydrogens is 192 g/mol. The van der Waals surface area contributed by atoms with E-state index in [1.54, 1.807) is 0 Å². The molecule has 1 aromatic carbocycles. The van der Waals surface area contributed by atoms with E-state index in [0.29, 0.717) is 10.8 Å². The first-order valence-electron chi connectivity index (χ1n) is 3.58. The summed E-state index contributed by atoms with van der Waals surface area (Å²) < 4.78 is 5.44. The maximum absolute atomic E-state index is 5.79. The molecule has 1 heterocycles. The molecule has 2 rings (SSSR count). The number of hydrogen-bond acceptors (Lipinski definition) is 2. The average molecular weight is 199 g/mol. The Morgan fingerprint density at radius 1 is 1.33 bits per heavy atom. The highest BCUT2D eigenvalue weighted by Crippen LogP contribution is 2.23. The number of thiol groups is 1. The van der Waals surface area contributed by atoms with Crippen molar-refractivity contribution in [3.8, 4) is 0 Å². The van der Waals surface area contributed by atoms with Crippen LogP contribution in [0.15, 0.2) is 28.7 Å². The van der Waals surface area contributed by atoms with Crippen LogP contribution in [0.3, 0.4) is 0 Å². The van der Waals surface area contributed by atoms with Gasteiger partial charge >= 0.3 is 0 Å². The first-order valence-corrected chi connectivity index (χ1v) is 4.59. The molecule has 0 N–H and O–H groups in total. The molecule has 1 nitrogen and oxygen atoms in total. The van der Waals surface area contributed by atoms with Gasteiger partial charge in [-0.15, -0.1) is 0 Å². The highest BCUT2D eigenvalue weighted by molar-refractivity contribution is 7.79. The minimum Gasteiger partial charge on any atom is -0.460 e. The van der Waals surface area contributed by atoms with Crippen LogP contribution in [0.2, 0.25) is 5.02 Å². The van der Waals surface area contributed by atoms with Crippen molar-refractivity contribution < 1.29 is 4.42 Å². The lowest BCUT2D eigenvalue weighted by Gasteiger charge is -1.87. The van der Waals surface area contributed by atoms with Crippen molar-refractivity contribution in [2.24, 2.45) is 0 Å². The van der Waals surface area contributed by atoms with Crippen molar-refractivity contribution in [3.63, 3.8) is 0 Å². The lowest BCUT2D eigenvalue weighted by Crippen LogP contribution is -1.63. The van der Waals surface area contributed by atoms with Crippen LogP contribution in [-0.2, 0) is 5.75 Å². The highest BCUT2D eigenvalue weighted by Gasteiger charge is 2.01. The smallest absolute Gasteiger partial charge is 0.135 e. The van der Waals surface area contributed by atoms with E-state index in [1.165, 1.54) is 0 Å². The third kappa shape index (κ3) is 1.32. The van der Waals surface area contributed by atoms with Crippen molar-refractivity contribution in [1.29, 1.82) is 0 Å². The summed E-state index contributed by atoms with van der Waals surface area (Å²) in [7, 11) is 0. The Bertz CT molecular complexity index is 408. The summed E-state index contributed by atoms with van der Waals surface area (Å²) in [5, 5.41) is 1.77. The molecule has 12 heavy (non-hydrogen) atoms. The molecule has 2 aromatic rings. The largest absolute Gasteiger partial charge is 0.460 e. The fourth-order valence-electron chi connectivity index (χ4n) is 1.14. The van der Waals surface area contributed by atoms with Crippen LogP contribution in [0.1, 0.15) is 5.76 Å². The van der Waals surface area contributed by atoms with Gasteiger partial charge in [0.05, 0.1) is 0 Å². The van der Waals surface area contributed by atoms with E-state index < -0.39 is 0 Å². The summed E-state index contributed by atoms with van der Waals surface area (Å²) in [6, 6.07) is 7.57. The molecule has 0 atom stereocenters. The van der Waals surface area contributed by atoms with Gasteiger partial charge in [0.15, 0.2) is 0 Å². The second kappa shape index (κ2) is 3.04. The number of furan rings is 1. The van der Waals surface area contributed by atoms with E-state index in [2.05, 4.69) is 12.6 Å². The van der Waals surface area contributed by atoms with Gasteiger partial charge < -0.3 is 4.42 Å². The molecule has 3 heteroatoms. The normalized spacial score (nSPS) is 10.8. The van der Waals surface area contributed by atoms with Crippen molar-refractivity contribution in [3.05, 3.63) is 35.0 Å². The Morgan fingerprint density at radius 3 is 2.92 bits per heavy atom. The summed E-state index contributed by atoms with van der Waals surface area (Å²) in [5.74, 6) is 1.49. The lowest BCUT2D eigenvalue weighted by atomic mass is 10.2. The van der Waals surface area contributed by atoms with Crippen LogP contribution in [0, 0.1) is 0 Å². The third-order valence-corrected chi connectivity index (χ3v) is 2.24. The second-order valence-electron chi connectivity index (χ2n) is 2.55. The molecule has 0 saturated carbocycles. The van der Waals surface area contributed by atoms with E-state index in [1.807, 2.05) is 24.3 Å². The topological polar surface area (TPSA) is 13.1 Å². The molecule has 1 aromatic heterocycles. The van der Waals surface area contributed by atoms with Crippen molar-refractivity contribution in [2.75, 3.05) is 0 Å². The van der Waals surface area contributed by atoms with Crippen LogP contribution in [0.4, 0.5) is 0 Å². The zero-order chi connectivity index (χ0) is 8.55. The molecular formula is C9H7ClOS. The van der Waals surface area contributed by atoms with E-state index in [0.717, 1.165) is 16.7 Å². The Labute approximate surface area is 80.7 Å². The average Bonchev–Trinajstić information content (AvgIpc) is 2.46. The highest BCUT2D eigenvalue weighted by atomic mass is 35.5. The summed E-state index contributed by atoms with van der Waals surface area (Å²) in [4.78, 5) is 0. The van der Waals surface area contributed by atoms with E-state index >= 15 is 0 Å². The second-order valence-corrected chi connectivity index (χ2v) is 3.31. The zero-order valence-electron chi connectivity index (χ0n) is 6.25. The van der Waals surface area contributed by atoms with E-state index in [9.17, 15) is 0 Å². The summed E-state index contributed by atoms with van der Waals surface area (Å²) in [5.41, 5.74) is 0.826. The molecule has 0 spiro atoms. The van der Waals surface area contributed by atoms with Gasteiger partial charge in [-0.25, -0.2) is 0 Å². The van der Waals surface area contributed by atoms with Gasteiger partial charge in [0.1, 0.15) is 11.3 Å². The fraction of sp³-hybridized carbons (Fsp3) is 0.111. The minimum absolute atomic E-state index is 0.617. The fourth-order valence-corrected chi connectivity index (χ4v) is 1.46. The maximum Gasteiger partial charge on any atom is 0.135 e. The summed E-state index contributed by atoms with van der Waals surface area (Å²) in [6.45, 7) is 0. The Morgan fingerprint density at radius 2 is 2.17 bits per heavy atom. The molecule has 0 aliphatic heterocycles. The van der Waals surface area contributed by atoms with Gasteiger partial charge in [-0.3, -0.25) is 0 Å². The van der Waals surface area contributed by atoms with Crippen molar-refractivity contribution in [1.82, 2.24) is 0 Å². The first kappa shape index (κ1) is 8.02. The number of benzene rings is 1. The van der Waals surface area contributed by atoms with Crippen LogP contribution >= 0.6 is 24.2 Å². The van der Waals surface area contributed by atoms with Gasteiger partial charge in [0.25, 0.3) is 0 Å². The first-order chi connectivity index (χ1) is 5.79. The number of hydrogen-bond donors (Lipinski definition) is 1. The van der Waals surface area contributed by atoms with Crippen LogP contribution in [0.5, 0.6) is 0 Å². The maximum atomic E-state index is 5.79. The summed E-state index contributed by atoms with van der Waals surface area (Å²) >= 11 is 9.91. The quantitative estimate of drug-likeness (QED) is 0.692. The number of halogens is 1. The van der Waals surface area contributed by atoms with Crippen LogP contribution < -0.4 is 0 Å². The zero-order valence-corrected chi connectivity index (χ0v) is 7.90. The molecule has 0 aliphatic rings. The van der Waals surface area contributed by atoms with Crippen molar-refractivity contribution in [2.45, 2.75) is 5.75 Å². The predicted molar refractivity (Wildman–Crippen MR) is 53.9 cm³/mol. The van der Waals surface area contributed by atoms with Gasteiger partial charge in [-0.2, -0.15) is 12.6 Å². The minimum atomic E-state index is 0.617. The predicted octanol–water partition coefficient (Wildman–Crippen LogP) is 3.52. The van der Waals surface area contributed by atoms with Gasteiger partial charge in [-0.05, 0) is 18.2 Å².